The van der Waals surface area contributed by atoms with Crippen molar-refractivity contribution in [2.24, 2.45) is 5.73 Å². The lowest BCUT2D eigenvalue weighted by molar-refractivity contribution is -0.118. The van der Waals surface area contributed by atoms with Crippen molar-refractivity contribution >= 4 is 66.8 Å². The average molecular weight is 667 g/mol. The molecule has 2 aromatic carbocycles. The molecule has 5 N–H and O–H groups in total. The van der Waals surface area contributed by atoms with Crippen molar-refractivity contribution in [3.8, 4) is 0 Å². The number of hydrogen-bond acceptors (Lipinski definition) is 7. The zero-order valence-electron chi connectivity index (χ0n) is 20.1. The summed E-state index contributed by atoms with van der Waals surface area (Å²) in [4.78, 5) is 42.7. The maximum Gasteiger partial charge on any atom is 0.407 e. The molecule has 3 amide bonds. The molecule has 0 spiro atoms. The van der Waals surface area contributed by atoms with Crippen LogP contribution in [0.3, 0.4) is 0 Å². The predicted molar refractivity (Wildman–Crippen MR) is 150 cm³/mol. The second kappa shape index (κ2) is 23.7. The van der Waals surface area contributed by atoms with Gasteiger partial charge in [-0.15, -0.1) is 0 Å². The third kappa shape index (κ3) is 22.3. The number of halogens is 3. The normalized spacial score (nSPS) is 9.30. The smallest absolute Gasteiger partial charge is 0.407 e. The average Bonchev–Trinajstić information content (AvgIpc) is 2.93. The molecule has 0 bridgehead atoms. The Balaban J connectivity index is 0.000000605. The quantitative estimate of drug-likeness (QED) is 0.163. The van der Waals surface area contributed by atoms with E-state index in [9.17, 15) is 19.2 Å². The molecule has 0 aliphatic rings. The van der Waals surface area contributed by atoms with Gasteiger partial charge in [-0.3, -0.25) is 9.59 Å². The van der Waals surface area contributed by atoms with Gasteiger partial charge in [0, 0.05) is 26.2 Å². The molecule has 13 heteroatoms. The maximum absolute atomic E-state index is 11.3. The monoisotopic (exact) mass is 664 g/mol. The van der Waals surface area contributed by atoms with Crippen molar-refractivity contribution in [1.29, 1.82) is 0 Å². The SMILES string of the molecule is NCCNC(=O)OCc1ccccc1.O=C(CBr)NCCNC(=O)OCc1ccccc1.O=C(Cl)CBr. The fourth-order valence-electron chi connectivity index (χ4n) is 2.14. The van der Waals surface area contributed by atoms with Crippen LogP contribution < -0.4 is 21.7 Å². The Kier molecular flexibility index (Phi) is 22.0. The van der Waals surface area contributed by atoms with E-state index >= 15 is 0 Å². The molecule has 0 aromatic heterocycles. The minimum absolute atomic E-state index is 0.116. The Morgan fingerprint density at radius 2 is 1.11 bits per heavy atom. The number of alkyl halides is 2. The fraction of sp³-hybridized carbons (Fsp3) is 0.333. The van der Waals surface area contributed by atoms with Gasteiger partial charge >= 0.3 is 12.2 Å². The van der Waals surface area contributed by atoms with Crippen LogP contribution in [0.1, 0.15) is 11.1 Å². The highest BCUT2D eigenvalue weighted by Gasteiger charge is 2.02. The highest BCUT2D eigenvalue weighted by Crippen LogP contribution is 2.01. The molecule has 0 fully saturated rings. The van der Waals surface area contributed by atoms with E-state index < -0.39 is 12.2 Å². The highest BCUT2D eigenvalue weighted by atomic mass is 79.9. The second-order valence-corrected chi connectivity index (χ2v) is 8.28. The van der Waals surface area contributed by atoms with Gasteiger partial charge in [-0.25, -0.2) is 9.59 Å². The molecule has 0 atom stereocenters. The van der Waals surface area contributed by atoms with Crippen LogP contribution in [0.15, 0.2) is 60.7 Å². The zero-order chi connectivity index (χ0) is 27.7. The second-order valence-electron chi connectivity index (χ2n) is 6.74. The van der Waals surface area contributed by atoms with Crippen molar-refractivity contribution in [2.75, 3.05) is 36.8 Å². The lowest BCUT2D eigenvalue weighted by Crippen LogP contribution is -2.35. The molecule has 0 heterocycles. The van der Waals surface area contributed by atoms with Crippen molar-refractivity contribution < 1.29 is 28.7 Å². The van der Waals surface area contributed by atoms with Gasteiger partial charge in [0.25, 0.3) is 0 Å². The summed E-state index contributed by atoms with van der Waals surface area (Å²) in [5.74, 6) is -0.116. The summed E-state index contributed by atoms with van der Waals surface area (Å²) in [6.07, 6.45) is -0.925. The van der Waals surface area contributed by atoms with Gasteiger partial charge in [0.15, 0.2) is 0 Å². The first-order valence-corrected chi connectivity index (χ1v) is 13.6. The number of nitrogens with two attached hydrogens (primary N) is 1. The number of carbonyl (C=O) groups is 4. The number of alkyl carbamates (subject to hydrolysis) is 2. The van der Waals surface area contributed by atoms with Crippen LogP contribution in [0.4, 0.5) is 9.59 Å². The number of benzene rings is 2. The first-order valence-electron chi connectivity index (χ1n) is 11.0. The molecular formula is C24H31Br2ClN4O6. The van der Waals surface area contributed by atoms with E-state index in [-0.39, 0.29) is 35.0 Å². The summed E-state index contributed by atoms with van der Waals surface area (Å²) in [5.41, 5.74) is 7.11. The Labute approximate surface area is 238 Å². The number of ether oxygens (including phenoxy) is 2. The molecule has 10 nitrogen and oxygen atoms in total. The van der Waals surface area contributed by atoms with Crippen molar-refractivity contribution in [1.82, 2.24) is 16.0 Å². The summed E-state index contributed by atoms with van der Waals surface area (Å²) < 4.78 is 9.91. The first kappa shape index (κ1) is 34.3. The number of nitrogens with one attached hydrogen (secondary N) is 3. The van der Waals surface area contributed by atoms with E-state index in [0.717, 1.165) is 11.1 Å². The Morgan fingerprint density at radius 3 is 1.49 bits per heavy atom. The van der Waals surface area contributed by atoms with Crippen LogP contribution in [0, 0.1) is 0 Å². The number of rotatable bonds is 11. The molecular weight excluding hydrogens is 636 g/mol. The Bertz CT molecular complexity index is 911. The van der Waals surface area contributed by atoms with Crippen LogP contribution in [0.25, 0.3) is 0 Å². The molecule has 0 unspecified atom stereocenters. The highest BCUT2D eigenvalue weighted by molar-refractivity contribution is 9.09. The third-order valence-corrected chi connectivity index (χ3v) is 5.26. The number of hydrogen-bond donors (Lipinski definition) is 4. The van der Waals surface area contributed by atoms with E-state index in [1.165, 1.54) is 0 Å². The van der Waals surface area contributed by atoms with Gasteiger partial charge in [-0.2, -0.15) is 0 Å². The summed E-state index contributed by atoms with van der Waals surface area (Å²) in [6, 6.07) is 18.9. The Morgan fingerprint density at radius 1 is 0.703 bits per heavy atom. The standard InChI is InChI=1S/C12H15BrN2O3.C10H14N2O2.C2H2BrClO/c13-8-11(16)14-6-7-15-12(17)18-9-10-4-2-1-3-5-10;11-6-7-12-10(13)14-8-9-4-2-1-3-5-9;3-1-2(4)5/h1-5H,6-9H2,(H,14,16)(H,15,17);1-5H,6-8,11H2,(H,12,13);1H2. The lowest BCUT2D eigenvalue weighted by atomic mass is 10.2. The van der Waals surface area contributed by atoms with Crippen LogP contribution >= 0.6 is 43.5 Å². The molecule has 0 aliphatic heterocycles. The summed E-state index contributed by atoms with van der Waals surface area (Å²) in [7, 11) is 0. The summed E-state index contributed by atoms with van der Waals surface area (Å²) >= 11 is 10.6. The molecule has 2 aromatic rings. The van der Waals surface area contributed by atoms with Gasteiger partial charge < -0.3 is 31.2 Å². The Hall–Kier alpha value is -2.67. The van der Waals surface area contributed by atoms with Crippen LogP contribution in [0.5, 0.6) is 0 Å². The third-order valence-electron chi connectivity index (χ3n) is 3.78. The largest absolute Gasteiger partial charge is 0.445 e. The molecule has 37 heavy (non-hydrogen) atoms. The minimum Gasteiger partial charge on any atom is -0.445 e. The number of carbonyl (C=O) groups excluding carboxylic acids is 4. The maximum atomic E-state index is 11.3. The summed E-state index contributed by atoms with van der Waals surface area (Å²) in [5, 5.41) is 7.81. The lowest BCUT2D eigenvalue weighted by Gasteiger charge is -2.07. The van der Waals surface area contributed by atoms with Crippen LogP contribution in [-0.4, -0.2) is 60.2 Å². The summed E-state index contributed by atoms with van der Waals surface area (Å²) in [6.45, 7) is 2.10. The van der Waals surface area contributed by atoms with Crippen LogP contribution in [0.2, 0.25) is 0 Å². The van der Waals surface area contributed by atoms with E-state index in [4.69, 9.17) is 26.8 Å². The van der Waals surface area contributed by atoms with E-state index in [0.29, 0.717) is 26.2 Å². The van der Waals surface area contributed by atoms with E-state index in [1.807, 2.05) is 60.7 Å². The van der Waals surface area contributed by atoms with E-state index in [2.05, 4.69) is 47.8 Å². The molecule has 0 saturated heterocycles. The van der Waals surface area contributed by atoms with Gasteiger partial charge in [-0.1, -0.05) is 92.5 Å². The topological polar surface area (TPSA) is 149 Å². The molecule has 204 valence electrons. The molecule has 0 radical (unpaired) electrons. The van der Waals surface area contributed by atoms with Gasteiger partial charge in [-0.05, 0) is 22.7 Å². The molecule has 0 aliphatic carbocycles. The van der Waals surface area contributed by atoms with Crippen LogP contribution in [-0.2, 0) is 32.3 Å². The van der Waals surface area contributed by atoms with Gasteiger partial charge in [0.05, 0.1) is 10.7 Å². The zero-order valence-corrected chi connectivity index (χ0v) is 24.0. The fourth-order valence-corrected chi connectivity index (χ4v) is 2.33. The molecule has 0 saturated carbocycles. The predicted octanol–water partition coefficient (Wildman–Crippen LogP) is 3.44. The van der Waals surface area contributed by atoms with Crippen molar-refractivity contribution in [3.05, 3.63) is 71.8 Å². The minimum atomic E-state index is -0.494. The number of amides is 3. The molecule has 2 rings (SSSR count). The van der Waals surface area contributed by atoms with E-state index in [1.54, 1.807) is 0 Å². The van der Waals surface area contributed by atoms with Gasteiger partial charge in [0.2, 0.25) is 11.1 Å². The first-order chi connectivity index (χ1) is 17.8. The van der Waals surface area contributed by atoms with Crippen molar-refractivity contribution in [2.45, 2.75) is 13.2 Å². The van der Waals surface area contributed by atoms with Crippen molar-refractivity contribution in [3.63, 3.8) is 0 Å². The van der Waals surface area contributed by atoms with Gasteiger partial charge in [0.1, 0.15) is 13.2 Å².